The maximum absolute atomic E-state index is 11.7. The fourth-order valence-corrected chi connectivity index (χ4v) is 1.42. The maximum atomic E-state index is 11.7. The van der Waals surface area contributed by atoms with E-state index in [1.165, 1.54) is 6.08 Å². The molecule has 1 aromatic carbocycles. The van der Waals surface area contributed by atoms with Crippen molar-refractivity contribution >= 4 is 18.4 Å². The summed E-state index contributed by atoms with van der Waals surface area (Å²) < 4.78 is 4.87. The average molecular weight is 247 g/mol. The van der Waals surface area contributed by atoms with Crippen LogP contribution in [0.5, 0.6) is 0 Å². The second-order valence-corrected chi connectivity index (χ2v) is 3.73. The number of benzene rings is 1. The molecule has 0 aliphatic carbocycles. The molecule has 0 unspecified atom stereocenters. The van der Waals surface area contributed by atoms with Gasteiger partial charge in [-0.2, -0.15) is 0 Å². The number of imide groups is 1. The zero-order chi connectivity index (χ0) is 13.2. The van der Waals surface area contributed by atoms with Gasteiger partial charge in [0.05, 0.1) is 0 Å². The van der Waals surface area contributed by atoms with Gasteiger partial charge in [-0.05, 0) is 18.1 Å². The van der Waals surface area contributed by atoms with E-state index in [1.807, 2.05) is 30.3 Å². The summed E-state index contributed by atoms with van der Waals surface area (Å²) in [6, 6.07) is 9.46. The zero-order valence-electron chi connectivity index (χ0n) is 10.4. The molecule has 18 heavy (non-hydrogen) atoms. The van der Waals surface area contributed by atoms with Crippen LogP contribution in [0.15, 0.2) is 36.4 Å². The number of carbonyl (C=O) groups excluding carboxylic acids is 2. The average Bonchev–Trinajstić information content (AvgIpc) is 2.42. The predicted octanol–water partition coefficient (Wildman–Crippen LogP) is 1.72. The van der Waals surface area contributed by atoms with Gasteiger partial charge in [0.1, 0.15) is 0 Å². The molecule has 0 aliphatic rings. The van der Waals surface area contributed by atoms with Crippen molar-refractivity contribution in [2.24, 2.45) is 0 Å². The van der Waals surface area contributed by atoms with E-state index >= 15 is 0 Å². The number of hydrogen-bond donors (Lipinski definition) is 0. The summed E-state index contributed by atoms with van der Waals surface area (Å²) in [6.45, 7) is 0.898. The Morgan fingerprint density at radius 2 is 2.06 bits per heavy atom. The van der Waals surface area contributed by atoms with Crippen LogP contribution in [0.4, 0.5) is 0 Å². The topological polar surface area (TPSA) is 46.6 Å². The van der Waals surface area contributed by atoms with Crippen LogP contribution >= 0.6 is 0 Å². The van der Waals surface area contributed by atoms with Crippen LogP contribution in [-0.2, 0) is 14.3 Å². The molecule has 4 nitrogen and oxygen atoms in total. The Morgan fingerprint density at radius 1 is 1.33 bits per heavy atom. The summed E-state index contributed by atoms with van der Waals surface area (Å²) in [5, 5.41) is 0. The molecule has 0 fully saturated rings. The minimum Gasteiger partial charge on any atom is -0.385 e. The molecule has 0 aliphatic heterocycles. The zero-order valence-corrected chi connectivity index (χ0v) is 10.4. The van der Waals surface area contributed by atoms with Gasteiger partial charge in [0.15, 0.2) is 0 Å². The Bertz CT molecular complexity index is 401. The monoisotopic (exact) mass is 247 g/mol. The van der Waals surface area contributed by atoms with Gasteiger partial charge >= 0.3 is 0 Å². The molecule has 96 valence electrons. The molecule has 0 N–H and O–H groups in total. The van der Waals surface area contributed by atoms with Crippen molar-refractivity contribution in [3.8, 4) is 0 Å². The molecule has 0 heterocycles. The molecule has 2 amide bonds. The Labute approximate surface area is 107 Å². The fraction of sp³-hybridized carbons (Fsp3) is 0.286. The fourth-order valence-electron chi connectivity index (χ4n) is 1.42. The van der Waals surface area contributed by atoms with E-state index in [9.17, 15) is 9.59 Å². The van der Waals surface area contributed by atoms with E-state index in [0.717, 1.165) is 10.5 Å². The molecule has 0 saturated heterocycles. The van der Waals surface area contributed by atoms with Crippen LogP contribution in [0, 0.1) is 0 Å². The van der Waals surface area contributed by atoms with E-state index in [4.69, 9.17) is 4.74 Å². The first-order valence-corrected chi connectivity index (χ1v) is 5.76. The van der Waals surface area contributed by atoms with Crippen LogP contribution in [0.1, 0.15) is 12.0 Å². The minimum absolute atomic E-state index is 0.315. The molecule has 0 radical (unpaired) electrons. The summed E-state index contributed by atoms with van der Waals surface area (Å²) in [7, 11) is 1.59. The summed E-state index contributed by atoms with van der Waals surface area (Å²) in [6.07, 6.45) is 4.28. The molecule has 1 aromatic rings. The number of nitrogens with zero attached hydrogens (tertiary/aromatic N) is 1. The van der Waals surface area contributed by atoms with Crippen LogP contribution < -0.4 is 0 Å². The molecule has 0 aromatic heterocycles. The third kappa shape index (κ3) is 4.93. The normalized spacial score (nSPS) is 10.5. The van der Waals surface area contributed by atoms with Crippen LogP contribution in [0.25, 0.3) is 6.08 Å². The summed E-state index contributed by atoms with van der Waals surface area (Å²) in [5.74, 6) is -0.315. The Hall–Kier alpha value is -1.94. The van der Waals surface area contributed by atoms with Gasteiger partial charge in [0, 0.05) is 26.3 Å². The van der Waals surface area contributed by atoms with E-state index < -0.39 is 0 Å². The lowest BCUT2D eigenvalue weighted by Crippen LogP contribution is -2.29. The van der Waals surface area contributed by atoms with Gasteiger partial charge in [0.25, 0.3) is 5.91 Å². The van der Waals surface area contributed by atoms with Crippen molar-refractivity contribution in [1.29, 1.82) is 0 Å². The standard InChI is InChI=1S/C14H17NO3/c1-18-11-5-10-15(12-16)14(17)9-8-13-6-3-2-4-7-13/h2-4,6-9,12H,5,10-11H2,1H3/b9-8+. The van der Waals surface area contributed by atoms with Gasteiger partial charge in [-0.1, -0.05) is 30.3 Å². The summed E-state index contributed by atoms with van der Waals surface area (Å²) in [5.41, 5.74) is 0.925. The molecule has 1 rings (SSSR count). The van der Waals surface area contributed by atoms with Gasteiger partial charge in [-0.25, -0.2) is 0 Å². The van der Waals surface area contributed by atoms with Crippen molar-refractivity contribution < 1.29 is 14.3 Å². The lowest BCUT2D eigenvalue weighted by molar-refractivity contribution is -0.134. The molecule has 0 bridgehead atoms. The quantitative estimate of drug-likeness (QED) is 0.419. The molecule has 4 heteroatoms. The number of hydrogen-bond acceptors (Lipinski definition) is 3. The van der Waals surface area contributed by atoms with Crippen molar-refractivity contribution in [2.75, 3.05) is 20.3 Å². The second kappa shape index (κ2) is 8.20. The minimum atomic E-state index is -0.315. The maximum Gasteiger partial charge on any atom is 0.252 e. The lowest BCUT2D eigenvalue weighted by atomic mass is 10.2. The molecular formula is C14H17NO3. The van der Waals surface area contributed by atoms with Crippen molar-refractivity contribution in [2.45, 2.75) is 6.42 Å². The first-order chi connectivity index (χ1) is 8.77. The van der Waals surface area contributed by atoms with Gasteiger partial charge in [0.2, 0.25) is 6.41 Å². The van der Waals surface area contributed by atoms with Crippen LogP contribution in [-0.4, -0.2) is 37.5 Å². The van der Waals surface area contributed by atoms with Crippen molar-refractivity contribution in [1.82, 2.24) is 4.90 Å². The first-order valence-electron chi connectivity index (χ1n) is 5.76. The van der Waals surface area contributed by atoms with E-state index in [-0.39, 0.29) is 5.91 Å². The smallest absolute Gasteiger partial charge is 0.252 e. The van der Waals surface area contributed by atoms with Crippen LogP contribution in [0.2, 0.25) is 0 Å². The van der Waals surface area contributed by atoms with Gasteiger partial charge in [-0.3, -0.25) is 14.5 Å². The Morgan fingerprint density at radius 3 is 2.67 bits per heavy atom. The predicted molar refractivity (Wildman–Crippen MR) is 69.7 cm³/mol. The number of amides is 2. The first kappa shape index (κ1) is 14.1. The number of methoxy groups -OCH3 is 1. The van der Waals surface area contributed by atoms with Crippen molar-refractivity contribution in [3.63, 3.8) is 0 Å². The third-order valence-corrected chi connectivity index (χ3v) is 2.38. The SMILES string of the molecule is COCCCN(C=O)C(=O)/C=C/c1ccccc1. The number of rotatable bonds is 7. The number of carbonyl (C=O) groups is 2. The molecule has 0 saturated carbocycles. The Balaban J connectivity index is 2.52. The van der Waals surface area contributed by atoms with Gasteiger partial charge in [-0.15, -0.1) is 0 Å². The highest BCUT2D eigenvalue weighted by Crippen LogP contribution is 2.02. The van der Waals surface area contributed by atoms with Crippen molar-refractivity contribution in [3.05, 3.63) is 42.0 Å². The van der Waals surface area contributed by atoms with E-state index in [0.29, 0.717) is 26.0 Å². The number of ether oxygens (including phenoxy) is 1. The lowest BCUT2D eigenvalue weighted by Gasteiger charge is -2.12. The third-order valence-electron chi connectivity index (χ3n) is 2.38. The molecule has 0 atom stereocenters. The van der Waals surface area contributed by atoms with E-state index in [1.54, 1.807) is 13.2 Å². The molecule has 0 spiro atoms. The Kier molecular flexibility index (Phi) is 6.43. The largest absolute Gasteiger partial charge is 0.385 e. The summed E-state index contributed by atoms with van der Waals surface area (Å²) >= 11 is 0. The van der Waals surface area contributed by atoms with E-state index in [2.05, 4.69) is 0 Å². The highest BCUT2D eigenvalue weighted by molar-refractivity contribution is 5.97. The van der Waals surface area contributed by atoms with Gasteiger partial charge < -0.3 is 4.74 Å². The highest BCUT2D eigenvalue weighted by atomic mass is 16.5. The highest BCUT2D eigenvalue weighted by Gasteiger charge is 2.08. The molecular weight excluding hydrogens is 230 g/mol. The second-order valence-electron chi connectivity index (χ2n) is 3.73. The van der Waals surface area contributed by atoms with Crippen LogP contribution in [0.3, 0.4) is 0 Å². The summed E-state index contributed by atoms with van der Waals surface area (Å²) in [4.78, 5) is 23.6.